The van der Waals surface area contributed by atoms with Gasteiger partial charge in [-0.2, -0.15) is 0 Å². The first kappa shape index (κ1) is 15.6. The molecule has 2 aromatic carbocycles. The Morgan fingerprint density at radius 2 is 1.91 bits per heavy atom. The fourth-order valence-corrected chi connectivity index (χ4v) is 3.30. The van der Waals surface area contributed by atoms with Crippen molar-refractivity contribution in [2.45, 2.75) is 31.8 Å². The van der Waals surface area contributed by atoms with Crippen LogP contribution in [-0.4, -0.2) is 19.2 Å². The number of methoxy groups -OCH3 is 1. The Morgan fingerprint density at radius 3 is 2.70 bits per heavy atom. The summed E-state index contributed by atoms with van der Waals surface area (Å²) in [5, 5.41) is 0. The number of hydrogen-bond acceptors (Lipinski definition) is 3. The third-order valence-corrected chi connectivity index (χ3v) is 4.47. The van der Waals surface area contributed by atoms with Crippen LogP contribution in [0.5, 0.6) is 5.75 Å². The first-order valence-electron chi connectivity index (χ1n) is 8.15. The maximum Gasteiger partial charge on any atom is 0.337 e. The van der Waals surface area contributed by atoms with E-state index < -0.39 is 0 Å². The Labute approximate surface area is 137 Å². The fraction of sp³-hybridized carbons (Fsp3) is 0.350. The summed E-state index contributed by atoms with van der Waals surface area (Å²) in [7, 11) is 1.39. The summed E-state index contributed by atoms with van der Waals surface area (Å²) in [5.41, 5.74) is 1.89. The van der Waals surface area contributed by atoms with Gasteiger partial charge >= 0.3 is 5.97 Å². The Bertz CT molecular complexity index is 651. The molecule has 3 nitrogen and oxygen atoms in total. The molecule has 0 radical (unpaired) electrons. The summed E-state index contributed by atoms with van der Waals surface area (Å²) in [4.78, 5) is 11.6. The average Bonchev–Trinajstić information content (AvgIpc) is 3.02. The lowest BCUT2D eigenvalue weighted by molar-refractivity contribution is 0.0599. The Balaban J connectivity index is 1.68. The molecule has 1 fully saturated rings. The molecule has 1 aliphatic carbocycles. The number of ether oxygens (including phenoxy) is 2. The quantitative estimate of drug-likeness (QED) is 0.774. The van der Waals surface area contributed by atoms with Gasteiger partial charge in [0.05, 0.1) is 12.7 Å². The van der Waals surface area contributed by atoms with Crippen LogP contribution in [0, 0.1) is 5.92 Å². The van der Waals surface area contributed by atoms with Gasteiger partial charge in [-0.3, -0.25) is 0 Å². The summed E-state index contributed by atoms with van der Waals surface area (Å²) >= 11 is 0. The molecule has 0 aromatic heterocycles. The van der Waals surface area contributed by atoms with Crippen molar-refractivity contribution < 1.29 is 14.3 Å². The van der Waals surface area contributed by atoms with E-state index in [0.29, 0.717) is 11.5 Å². The minimum Gasteiger partial charge on any atom is -0.490 e. The Kier molecular flexibility index (Phi) is 4.96. The number of hydrogen-bond donors (Lipinski definition) is 0. The van der Waals surface area contributed by atoms with E-state index in [1.807, 2.05) is 18.2 Å². The lowest BCUT2D eigenvalue weighted by Gasteiger charge is -2.21. The highest BCUT2D eigenvalue weighted by Gasteiger charge is 2.29. The lowest BCUT2D eigenvalue weighted by Crippen LogP contribution is -2.23. The van der Waals surface area contributed by atoms with Gasteiger partial charge in [-0.05, 0) is 55.4 Å². The van der Waals surface area contributed by atoms with Crippen molar-refractivity contribution in [3.63, 3.8) is 0 Å². The number of carbonyl (C=O) groups is 1. The first-order valence-corrected chi connectivity index (χ1v) is 8.15. The van der Waals surface area contributed by atoms with Crippen molar-refractivity contribution >= 4 is 5.97 Å². The van der Waals surface area contributed by atoms with Crippen molar-refractivity contribution in [1.82, 2.24) is 0 Å². The molecule has 1 aliphatic rings. The normalized spacial score (nSPS) is 20.2. The van der Waals surface area contributed by atoms with Crippen LogP contribution in [0.25, 0.3) is 0 Å². The number of esters is 1. The highest BCUT2D eigenvalue weighted by molar-refractivity contribution is 5.89. The van der Waals surface area contributed by atoms with Crippen molar-refractivity contribution in [2.75, 3.05) is 7.11 Å². The Morgan fingerprint density at radius 1 is 1.09 bits per heavy atom. The largest absolute Gasteiger partial charge is 0.490 e. The van der Waals surface area contributed by atoms with E-state index in [0.717, 1.165) is 18.6 Å². The molecule has 2 atom stereocenters. The monoisotopic (exact) mass is 310 g/mol. The van der Waals surface area contributed by atoms with E-state index >= 15 is 0 Å². The van der Waals surface area contributed by atoms with Crippen LogP contribution >= 0.6 is 0 Å². The van der Waals surface area contributed by atoms with Gasteiger partial charge in [0, 0.05) is 0 Å². The lowest BCUT2D eigenvalue weighted by atomic mass is 9.96. The molecule has 0 heterocycles. The van der Waals surface area contributed by atoms with Crippen LogP contribution in [0.4, 0.5) is 0 Å². The highest BCUT2D eigenvalue weighted by Crippen LogP contribution is 2.32. The van der Waals surface area contributed by atoms with E-state index in [4.69, 9.17) is 9.47 Å². The Hall–Kier alpha value is -2.29. The number of benzene rings is 2. The summed E-state index contributed by atoms with van der Waals surface area (Å²) in [6, 6.07) is 17.8. The smallest absolute Gasteiger partial charge is 0.337 e. The molecular weight excluding hydrogens is 288 g/mol. The van der Waals surface area contributed by atoms with Crippen LogP contribution in [-0.2, 0) is 11.2 Å². The molecule has 0 saturated heterocycles. The summed E-state index contributed by atoms with van der Waals surface area (Å²) < 4.78 is 11.0. The predicted octanol–water partition coefficient (Wildman–Crippen LogP) is 4.26. The van der Waals surface area contributed by atoms with Gasteiger partial charge in [0.1, 0.15) is 11.9 Å². The van der Waals surface area contributed by atoms with E-state index in [9.17, 15) is 4.79 Å². The maximum atomic E-state index is 11.6. The molecule has 0 amide bonds. The summed E-state index contributed by atoms with van der Waals surface area (Å²) in [5.74, 6) is 0.944. The summed E-state index contributed by atoms with van der Waals surface area (Å²) in [6.07, 6.45) is 4.71. The zero-order chi connectivity index (χ0) is 16.1. The fourth-order valence-electron chi connectivity index (χ4n) is 3.30. The van der Waals surface area contributed by atoms with Crippen molar-refractivity contribution in [3.05, 3.63) is 65.7 Å². The molecule has 1 saturated carbocycles. The van der Waals surface area contributed by atoms with Crippen LogP contribution < -0.4 is 4.74 Å². The molecule has 3 rings (SSSR count). The topological polar surface area (TPSA) is 35.5 Å². The molecule has 0 unspecified atom stereocenters. The molecule has 120 valence electrons. The van der Waals surface area contributed by atoms with Gasteiger partial charge in [-0.25, -0.2) is 4.79 Å². The zero-order valence-corrected chi connectivity index (χ0v) is 13.4. The van der Waals surface area contributed by atoms with Crippen molar-refractivity contribution in [3.8, 4) is 5.75 Å². The third-order valence-electron chi connectivity index (χ3n) is 4.47. The molecular formula is C20H22O3. The van der Waals surface area contributed by atoms with Crippen LogP contribution in [0.3, 0.4) is 0 Å². The molecule has 2 aromatic rings. The second-order valence-corrected chi connectivity index (χ2v) is 6.06. The van der Waals surface area contributed by atoms with E-state index in [-0.39, 0.29) is 12.1 Å². The second kappa shape index (κ2) is 7.32. The maximum absolute atomic E-state index is 11.6. The number of rotatable bonds is 5. The van der Waals surface area contributed by atoms with Crippen LogP contribution in [0.15, 0.2) is 54.6 Å². The molecule has 3 heteroatoms. The molecule has 23 heavy (non-hydrogen) atoms. The van der Waals surface area contributed by atoms with Gasteiger partial charge < -0.3 is 9.47 Å². The van der Waals surface area contributed by atoms with Gasteiger partial charge in [0.25, 0.3) is 0 Å². The standard InChI is InChI=1S/C20H22O3/c1-22-20(21)17-10-5-11-18(14-17)23-19-12-6-9-16(19)13-15-7-3-2-4-8-15/h2-5,7-8,10-11,14,16,19H,6,9,12-13H2,1H3/t16-,19-/m1/s1. The minimum absolute atomic E-state index is 0.211. The predicted molar refractivity (Wildman–Crippen MR) is 89.7 cm³/mol. The molecule has 0 N–H and O–H groups in total. The third kappa shape index (κ3) is 3.92. The van der Waals surface area contributed by atoms with E-state index in [1.54, 1.807) is 12.1 Å². The van der Waals surface area contributed by atoms with Crippen LogP contribution in [0.2, 0.25) is 0 Å². The van der Waals surface area contributed by atoms with Gasteiger partial charge in [0.15, 0.2) is 0 Å². The average molecular weight is 310 g/mol. The minimum atomic E-state index is -0.331. The molecule has 0 spiro atoms. The van der Waals surface area contributed by atoms with E-state index in [2.05, 4.69) is 24.3 Å². The van der Waals surface area contributed by atoms with Gasteiger partial charge in [-0.1, -0.05) is 36.4 Å². The van der Waals surface area contributed by atoms with Gasteiger partial charge in [-0.15, -0.1) is 0 Å². The van der Waals surface area contributed by atoms with Gasteiger partial charge in [0.2, 0.25) is 0 Å². The SMILES string of the molecule is COC(=O)c1cccc(O[C@@H]2CCC[C@@H]2Cc2ccccc2)c1. The number of carbonyl (C=O) groups excluding carboxylic acids is 1. The highest BCUT2D eigenvalue weighted by atomic mass is 16.5. The first-order chi connectivity index (χ1) is 11.3. The van der Waals surface area contributed by atoms with Crippen molar-refractivity contribution in [2.24, 2.45) is 5.92 Å². The molecule has 0 aliphatic heterocycles. The van der Waals surface area contributed by atoms with E-state index in [1.165, 1.54) is 25.5 Å². The van der Waals surface area contributed by atoms with Crippen molar-refractivity contribution in [1.29, 1.82) is 0 Å². The second-order valence-electron chi connectivity index (χ2n) is 6.06. The van der Waals surface area contributed by atoms with Crippen LogP contribution in [0.1, 0.15) is 35.2 Å². The molecule has 0 bridgehead atoms. The zero-order valence-electron chi connectivity index (χ0n) is 13.4. The summed E-state index contributed by atoms with van der Waals surface area (Å²) in [6.45, 7) is 0.